The Kier molecular flexibility index (Phi) is 4.38. The average Bonchev–Trinajstić information content (AvgIpc) is 3.28. The monoisotopic (exact) mass is 397 g/mol. The van der Waals surface area contributed by atoms with Gasteiger partial charge in [-0.25, -0.2) is 4.98 Å². The molecule has 0 atom stereocenters. The number of aryl methyl sites for hydroxylation is 2. The smallest absolute Gasteiger partial charge is 0.166 e. The predicted octanol–water partition coefficient (Wildman–Crippen LogP) is 2.45. The molecule has 0 saturated heterocycles. The van der Waals surface area contributed by atoms with Crippen molar-refractivity contribution in [3.05, 3.63) is 70.8 Å². The van der Waals surface area contributed by atoms with Crippen molar-refractivity contribution in [1.29, 1.82) is 0 Å². The summed E-state index contributed by atoms with van der Waals surface area (Å²) < 4.78 is 9.48. The summed E-state index contributed by atoms with van der Waals surface area (Å²) in [6.45, 7) is 4.95. The van der Waals surface area contributed by atoms with Crippen LogP contribution in [0, 0.1) is 25.7 Å². The Morgan fingerprint density at radius 3 is 2.80 bits per heavy atom. The van der Waals surface area contributed by atoms with Gasteiger partial charge in [0.25, 0.3) is 0 Å². The van der Waals surface area contributed by atoms with E-state index in [1.54, 1.807) is 13.3 Å². The van der Waals surface area contributed by atoms with Crippen LogP contribution in [0.25, 0.3) is 17.1 Å². The first-order valence-electron chi connectivity index (χ1n) is 9.54. The van der Waals surface area contributed by atoms with E-state index in [-0.39, 0.29) is 0 Å². The second-order valence-corrected chi connectivity index (χ2v) is 7.26. The van der Waals surface area contributed by atoms with E-state index in [2.05, 4.69) is 71.5 Å². The molecule has 8 nitrogen and oxygen atoms in total. The van der Waals surface area contributed by atoms with E-state index < -0.39 is 0 Å². The quantitative estimate of drug-likeness (QED) is 0.426. The number of nitrogens with zero attached hydrogens (tertiary/aromatic N) is 7. The minimum atomic E-state index is 0.377. The van der Waals surface area contributed by atoms with E-state index in [1.807, 2.05) is 19.3 Å². The maximum atomic E-state index is 5.33. The number of fused-ring (bicyclic) bond motifs is 5. The molecule has 1 aliphatic rings. The van der Waals surface area contributed by atoms with Crippen LogP contribution in [0.1, 0.15) is 34.0 Å². The highest BCUT2D eigenvalue weighted by Gasteiger charge is 2.25. The zero-order valence-electron chi connectivity index (χ0n) is 16.9. The van der Waals surface area contributed by atoms with Crippen LogP contribution in [0.15, 0.2) is 36.8 Å². The summed E-state index contributed by atoms with van der Waals surface area (Å²) in [5.74, 6) is 7.83. The summed E-state index contributed by atoms with van der Waals surface area (Å²) >= 11 is 0. The number of hydrogen-bond donors (Lipinski definition) is 0. The zero-order chi connectivity index (χ0) is 20.7. The fourth-order valence-electron chi connectivity index (χ4n) is 3.61. The van der Waals surface area contributed by atoms with Crippen molar-refractivity contribution in [2.24, 2.45) is 0 Å². The van der Waals surface area contributed by atoms with Crippen LogP contribution in [0.5, 0.6) is 0 Å². The Balaban J connectivity index is 1.68. The lowest BCUT2D eigenvalue weighted by Crippen LogP contribution is -2.09. The van der Waals surface area contributed by atoms with E-state index in [1.165, 1.54) is 0 Å². The van der Waals surface area contributed by atoms with Crippen molar-refractivity contribution in [2.45, 2.75) is 27.0 Å². The van der Waals surface area contributed by atoms with Crippen LogP contribution in [0.2, 0.25) is 0 Å². The van der Waals surface area contributed by atoms with Crippen molar-refractivity contribution in [1.82, 2.24) is 34.5 Å². The van der Waals surface area contributed by atoms with Gasteiger partial charge in [-0.05, 0) is 49.5 Å². The molecular weight excluding hydrogens is 378 g/mol. The third kappa shape index (κ3) is 3.06. The molecule has 0 amide bonds. The molecule has 0 fully saturated rings. The summed E-state index contributed by atoms with van der Waals surface area (Å²) in [6.07, 6.45) is 3.52. The number of hydrogen-bond acceptors (Lipinski definition) is 6. The minimum Gasteiger partial charge on any atom is -0.377 e. The Hall–Kier alpha value is -3.83. The lowest BCUT2D eigenvalue weighted by atomic mass is 10.1. The second-order valence-electron chi connectivity index (χ2n) is 7.26. The molecule has 3 aromatic heterocycles. The molecule has 0 radical (unpaired) electrons. The maximum Gasteiger partial charge on any atom is 0.166 e. The van der Waals surface area contributed by atoms with Gasteiger partial charge in [-0.15, -0.1) is 15.3 Å². The normalized spacial score (nSPS) is 11.7. The number of ether oxygens (including phenoxy) is 1. The Labute approximate surface area is 173 Å². The standard InChI is InChI=1S/C22H19N7O/c1-14-4-7-19-17(9-14)22-27-26-21(12-30-3)28(22)11-20-18(23-13-29(19)20)6-5-16-8-15(2)10-24-25-16/h4,7-10,13H,11-12H2,1-3H3. The van der Waals surface area contributed by atoms with Crippen molar-refractivity contribution < 1.29 is 4.74 Å². The summed E-state index contributed by atoms with van der Waals surface area (Å²) in [6, 6.07) is 8.19. The molecule has 0 spiro atoms. The molecule has 8 heteroatoms. The van der Waals surface area contributed by atoms with Gasteiger partial charge in [-0.2, -0.15) is 5.10 Å². The molecule has 0 bridgehead atoms. The van der Waals surface area contributed by atoms with Gasteiger partial charge in [-0.3, -0.25) is 4.57 Å². The van der Waals surface area contributed by atoms with E-state index in [0.717, 1.165) is 39.7 Å². The molecular formula is C22H19N7O. The van der Waals surface area contributed by atoms with Crippen LogP contribution >= 0.6 is 0 Å². The van der Waals surface area contributed by atoms with Gasteiger partial charge >= 0.3 is 0 Å². The van der Waals surface area contributed by atoms with Gasteiger partial charge in [0.2, 0.25) is 0 Å². The zero-order valence-corrected chi connectivity index (χ0v) is 16.9. The van der Waals surface area contributed by atoms with E-state index >= 15 is 0 Å². The fourth-order valence-corrected chi connectivity index (χ4v) is 3.61. The van der Waals surface area contributed by atoms with Crippen molar-refractivity contribution in [3.8, 4) is 28.9 Å². The van der Waals surface area contributed by atoms with Gasteiger partial charge in [0.15, 0.2) is 11.6 Å². The first kappa shape index (κ1) is 18.2. The molecule has 4 aromatic rings. The van der Waals surface area contributed by atoms with Gasteiger partial charge in [-0.1, -0.05) is 11.6 Å². The molecule has 4 heterocycles. The highest BCUT2D eigenvalue weighted by molar-refractivity contribution is 5.70. The fraction of sp³-hybridized carbons (Fsp3) is 0.227. The number of imidazole rings is 1. The van der Waals surface area contributed by atoms with Gasteiger partial charge in [0.05, 0.1) is 24.1 Å². The topological polar surface area (TPSA) is 83.5 Å². The highest BCUT2D eigenvalue weighted by Crippen LogP contribution is 2.33. The van der Waals surface area contributed by atoms with Gasteiger partial charge < -0.3 is 9.30 Å². The van der Waals surface area contributed by atoms with E-state index in [0.29, 0.717) is 24.5 Å². The van der Waals surface area contributed by atoms with Crippen LogP contribution in [0.3, 0.4) is 0 Å². The molecule has 1 aromatic carbocycles. The first-order chi connectivity index (χ1) is 14.6. The average molecular weight is 397 g/mol. The van der Waals surface area contributed by atoms with Crippen LogP contribution in [-0.2, 0) is 17.9 Å². The van der Waals surface area contributed by atoms with Crippen molar-refractivity contribution in [3.63, 3.8) is 0 Å². The molecule has 5 rings (SSSR count). The molecule has 0 N–H and O–H groups in total. The molecule has 0 aliphatic carbocycles. The third-order valence-corrected chi connectivity index (χ3v) is 5.03. The Bertz CT molecular complexity index is 1320. The predicted molar refractivity (Wildman–Crippen MR) is 110 cm³/mol. The Morgan fingerprint density at radius 1 is 1.07 bits per heavy atom. The summed E-state index contributed by atoms with van der Waals surface area (Å²) in [5.41, 5.74) is 6.44. The lowest BCUT2D eigenvalue weighted by molar-refractivity contribution is 0.174. The summed E-state index contributed by atoms with van der Waals surface area (Å²) in [5, 5.41) is 16.9. The maximum absolute atomic E-state index is 5.33. The van der Waals surface area contributed by atoms with Crippen LogP contribution in [0.4, 0.5) is 0 Å². The summed E-state index contributed by atoms with van der Waals surface area (Å²) in [4.78, 5) is 4.59. The molecule has 30 heavy (non-hydrogen) atoms. The van der Waals surface area contributed by atoms with Crippen molar-refractivity contribution >= 4 is 0 Å². The van der Waals surface area contributed by atoms with Crippen molar-refractivity contribution in [2.75, 3.05) is 7.11 Å². The molecule has 0 unspecified atom stereocenters. The number of aromatic nitrogens is 7. The van der Waals surface area contributed by atoms with E-state index in [9.17, 15) is 0 Å². The Morgan fingerprint density at radius 2 is 1.97 bits per heavy atom. The SMILES string of the molecule is COCc1nnc2n1Cc1c(C#Cc3cc(C)cnn3)ncn1-c1ccc(C)cc1-2. The largest absolute Gasteiger partial charge is 0.377 e. The highest BCUT2D eigenvalue weighted by atomic mass is 16.5. The van der Waals surface area contributed by atoms with Gasteiger partial charge in [0, 0.05) is 12.7 Å². The molecule has 0 saturated carbocycles. The third-order valence-electron chi connectivity index (χ3n) is 5.03. The second kappa shape index (κ2) is 7.21. The molecule has 1 aliphatic heterocycles. The van der Waals surface area contributed by atoms with Crippen LogP contribution < -0.4 is 0 Å². The van der Waals surface area contributed by atoms with E-state index in [4.69, 9.17) is 4.74 Å². The summed E-state index contributed by atoms with van der Waals surface area (Å²) in [7, 11) is 1.65. The number of rotatable bonds is 2. The molecule has 148 valence electrons. The first-order valence-corrected chi connectivity index (χ1v) is 9.54. The number of benzene rings is 1. The van der Waals surface area contributed by atoms with Gasteiger partial charge in [0.1, 0.15) is 24.3 Å². The minimum absolute atomic E-state index is 0.377. The van der Waals surface area contributed by atoms with Crippen LogP contribution in [-0.4, -0.2) is 41.6 Å². The lowest BCUT2D eigenvalue weighted by Gasteiger charge is -2.08. The number of methoxy groups -OCH3 is 1.